The largest absolute Gasteiger partial charge is 0.317 e. The van der Waals surface area contributed by atoms with Gasteiger partial charge < -0.3 is 10.6 Å². The van der Waals surface area contributed by atoms with Crippen molar-refractivity contribution in [3.05, 3.63) is 16.1 Å². The maximum absolute atomic E-state index is 4.53. The first-order valence-electron chi connectivity index (χ1n) is 8.26. The van der Waals surface area contributed by atoms with E-state index in [-0.39, 0.29) is 0 Å². The van der Waals surface area contributed by atoms with Crippen molar-refractivity contribution in [1.29, 1.82) is 0 Å². The first-order valence-corrected chi connectivity index (χ1v) is 9.14. The molecule has 21 heavy (non-hydrogen) atoms. The zero-order chi connectivity index (χ0) is 14.7. The summed E-state index contributed by atoms with van der Waals surface area (Å²) in [7, 11) is 0. The second-order valence-electron chi connectivity index (χ2n) is 6.75. The predicted molar refractivity (Wildman–Crippen MR) is 88.8 cm³/mol. The van der Waals surface area contributed by atoms with E-state index in [1.165, 1.54) is 62.6 Å². The molecule has 0 radical (unpaired) electrons. The number of piperidine rings is 2. The second kappa shape index (κ2) is 6.73. The Labute approximate surface area is 132 Å². The molecule has 0 aliphatic carbocycles. The molecule has 0 aromatic carbocycles. The summed E-state index contributed by atoms with van der Waals surface area (Å²) < 4.78 is 0. The van der Waals surface area contributed by atoms with E-state index < -0.39 is 0 Å². The van der Waals surface area contributed by atoms with Crippen molar-refractivity contribution < 1.29 is 0 Å². The Kier molecular flexibility index (Phi) is 4.94. The van der Waals surface area contributed by atoms with Gasteiger partial charge in [-0.1, -0.05) is 0 Å². The molecule has 2 fully saturated rings. The highest BCUT2D eigenvalue weighted by Crippen LogP contribution is 2.28. The summed E-state index contributed by atoms with van der Waals surface area (Å²) in [6, 6.07) is 0.661. The molecule has 0 saturated carbocycles. The van der Waals surface area contributed by atoms with Crippen LogP contribution in [0.4, 0.5) is 0 Å². The molecule has 5 heteroatoms. The summed E-state index contributed by atoms with van der Waals surface area (Å²) in [5.74, 6) is 0. The van der Waals surface area contributed by atoms with Crippen LogP contribution >= 0.6 is 11.3 Å². The third-order valence-electron chi connectivity index (χ3n) is 5.18. The van der Waals surface area contributed by atoms with E-state index in [4.69, 9.17) is 0 Å². The molecule has 2 aliphatic heterocycles. The van der Waals surface area contributed by atoms with E-state index in [9.17, 15) is 0 Å². The van der Waals surface area contributed by atoms with Crippen LogP contribution < -0.4 is 10.6 Å². The lowest BCUT2D eigenvalue weighted by Crippen LogP contribution is -2.56. The average molecular weight is 308 g/mol. The summed E-state index contributed by atoms with van der Waals surface area (Å²) in [4.78, 5) is 7.27. The maximum Gasteiger partial charge on any atom is 0.0897 e. The number of thiazole rings is 1. The van der Waals surface area contributed by atoms with Gasteiger partial charge in [-0.05, 0) is 52.6 Å². The van der Waals surface area contributed by atoms with Crippen LogP contribution in [0.15, 0.2) is 5.38 Å². The minimum absolute atomic E-state index is 0.433. The van der Waals surface area contributed by atoms with Gasteiger partial charge in [-0.15, -0.1) is 11.3 Å². The molecule has 0 bridgehead atoms. The van der Waals surface area contributed by atoms with Crippen LogP contribution in [-0.4, -0.2) is 47.6 Å². The fraction of sp³-hybridized carbons (Fsp3) is 0.812. The molecule has 0 amide bonds. The van der Waals surface area contributed by atoms with Crippen molar-refractivity contribution in [2.24, 2.45) is 0 Å². The van der Waals surface area contributed by atoms with Crippen LogP contribution in [0.5, 0.6) is 0 Å². The smallest absolute Gasteiger partial charge is 0.0897 e. The summed E-state index contributed by atoms with van der Waals surface area (Å²) in [5.41, 5.74) is 1.63. The Morgan fingerprint density at radius 3 is 2.71 bits per heavy atom. The van der Waals surface area contributed by atoms with Crippen LogP contribution in [0.2, 0.25) is 0 Å². The van der Waals surface area contributed by atoms with Gasteiger partial charge in [0, 0.05) is 36.6 Å². The van der Waals surface area contributed by atoms with Gasteiger partial charge in [0.05, 0.1) is 10.7 Å². The number of likely N-dealkylation sites (tertiary alicyclic amines) is 1. The van der Waals surface area contributed by atoms with Crippen molar-refractivity contribution in [2.75, 3.05) is 26.2 Å². The van der Waals surface area contributed by atoms with E-state index in [0.717, 1.165) is 6.54 Å². The number of nitrogens with zero attached hydrogens (tertiary/aromatic N) is 2. The molecule has 2 N–H and O–H groups in total. The van der Waals surface area contributed by atoms with Gasteiger partial charge in [0.1, 0.15) is 0 Å². The zero-order valence-corrected chi connectivity index (χ0v) is 14.1. The Morgan fingerprint density at radius 2 is 2.10 bits per heavy atom. The Bertz CT molecular complexity index is 445. The highest BCUT2D eigenvalue weighted by molar-refractivity contribution is 7.09. The van der Waals surface area contributed by atoms with E-state index >= 15 is 0 Å². The minimum Gasteiger partial charge on any atom is -0.317 e. The lowest BCUT2D eigenvalue weighted by molar-refractivity contribution is 0.0450. The van der Waals surface area contributed by atoms with Crippen molar-refractivity contribution >= 4 is 11.3 Å². The number of aryl methyl sites for hydroxylation is 1. The lowest BCUT2D eigenvalue weighted by Gasteiger charge is -2.47. The minimum atomic E-state index is 0.433. The maximum atomic E-state index is 4.53. The van der Waals surface area contributed by atoms with Crippen LogP contribution in [0.25, 0.3) is 0 Å². The first kappa shape index (κ1) is 15.4. The summed E-state index contributed by atoms with van der Waals surface area (Å²) >= 11 is 1.74. The van der Waals surface area contributed by atoms with Crippen molar-refractivity contribution in [2.45, 2.75) is 57.7 Å². The topological polar surface area (TPSA) is 40.2 Å². The standard InChI is InChI=1S/C16H28N4S/c1-13-19-15(12-21-13)11-18-14-3-9-20(10-4-14)16(2)5-7-17-8-6-16/h12,14,17-18H,3-11H2,1-2H3. The van der Waals surface area contributed by atoms with Crippen molar-refractivity contribution in [3.8, 4) is 0 Å². The highest BCUT2D eigenvalue weighted by atomic mass is 32.1. The molecule has 0 spiro atoms. The van der Waals surface area contributed by atoms with Gasteiger partial charge in [-0.2, -0.15) is 0 Å². The molecule has 4 nitrogen and oxygen atoms in total. The third-order valence-corrected chi connectivity index (χ3v) is 6.00. The summed E-state index contributed by atoms with van der Waals surface area (Å²) in [6.07, 6.45) is 5.13. The van der Waals surface area contributed by atoms with Crippen LogP contribution in [0.1, 0.15) is 43.3 Å². The van der Waals surface area contributed by atoms with Gasteiger partial charge in [-0.25, -0.2) is 4.98 Å². The van der Waals surface area contributed by atoms with E-state index in [1.807, 2.05) is 0 Å². The summed E-state index contributed by atoms with van der Waals surface area (Å²) in [5, 5.41) is 10.5. The van der Waals surface area contributed by atoms with E-state index in [0.29, 0.717) is 11.6 Å². The van der Waals surface area contributed by atoms with E-state index in [2.05, 4.69) is 39.7 Å². The average Bonchev–Trinajstić information content (AvgIpc) is 2.92. The highest BCUT2D eigenvalue weighted by Gasteiger charge is 2.35. The number of hydrogen-bond acceptors (Lipinski definition) is 5. The molecular weight excluding hydrogens is 280 g/mol. The lowest BCUT2D eigenvalue weighted by atomic mass is 9.86. The van der Waals surface area contributed by atoms with Crippen LogP contribution in [-0.2, 0) is 6.54 Å². The number of hydrogen-bond donors (Lipinski definition) is 2. The fourth-order valence-corrected chi connectivity index (χ4v) is 4.26. The summed E-state index contributed by atoms with van der Waals surface area (Å²) in [6.45, 7) is 10.3. The Hall–Kier alpha value is -0.490. The van der Waals surface area contributed by atoms with Gasteiger partial charge in [0.15, 0.2) is 0 Å². The number of nitrogens with one attached hydrogen (secondary N) is 2. The molecule has 1 aromatic heterocycles. The van der Waals surface area contributed by atoms with Crippen molar-refractivity contribution in [1.82, 2.24) is 20.5 Å². The monoisotopic (exact) mass is 308 g/mol. The molecule has 0 atom stereocenters. The number of aromatic nitrogens is 1. The predicted octanol–water partition coefficient (Wildman–Crippen LogP) is 2.15. The quantitative estimate of drug-likeness (QED) is 0.894. The third kappa shape index (κ3) is 3.83. The number of rotatable bonds is 4. The SMILES string of the molecule is Cc1nc(CNC2CCN(C3(C)CCNCC3)CC2)cs1. The molecule has 3 heterocycles. The molecule has 1 aromatic rings. The molecule has 3 rings (SSSR count). The molecule has 2 aliphatic rings. The normalized spacial score (nSPS) is 24.3. The molecule has 0 unspecified atom stereocenters. The van der Waals surface area contributed by atoms with Gasteiger partial charge in [0.25, 0.3) is 0 Å². The van der Waals surface area contributed by atoms with E-state index in [1.54, 1.807) is 11.3 Å². The Morgan fingerprint density at radius 1 is 1.38 bits per heavy atom. The first-order chi connectivity index (χ1) is 10.2. The molecule has 118 valence electrons. The van der Waals surface area contributed by atoms with Crippen molar-refractivity contribution in [3.63, 3.8) is 0 Å². The van der Waals surface area contributed by atoms with Crippen LogP contribution in [0.3, 0.4) is 0 Å². The molecular formula is C16H28N4S. The molecule has 2 saturated heterocycles. The fourth-order valence-electron chi connectivity index (χ4n) is 3.64. The van der Waals surface area contributed by atoms with Gasteiger partial charge >= 0.3 is 0 Å². The second-order valence-corrected chi connectivity index (χ2v) is 7.81. The van der Waals surface area contributed by atoms with Gasteiger partial charge in [-0.3, -0.25) is 4.90 Å². The van der Waals surface area contributed by atoms with Gasteiger partial charge in [0.2, 0.25) is 0 Å². The van der Waals surface area contributed by atoms with Crippen LogP contribution in [0, 0.1) is 6.92 Å². The Balaban J connectivity index is 1.44. The zero-order valence-electron chi connectivity index (χ0n) is 13.3.